The van der Waals surface area contributed by atoms with Crippen molar-refractivity contribution < 1.29 is 14.7 Å². The van der Waals surface area contributed by atoms with E-state index in [1.54, 1.807) is 6.08 Å². The first-order valence-corrected chi connectivity index (χ1v) is 7.36. The first-order valence-electron chi connectivity index (χ1n) is 7.36. The summed E-state index contributed by atoms with van der Waals surface area (Å²) < 4.78 is 0. The van der Waals surface area contributed by atoms with Gasteiger partial charge in [0, 0.05) is 12.5 Å². The van der Waals surface area contributed by atoms with Crippen molar-refractivity contribution in [3.8, 4) is 0 Å². The summed E-state index contributed by atoms with van der Waals surface area (Å²) in [5.74, 6) is -1.47. The van der Waals surface area contributed by atoms with Crippen molar-refractivity contribution in [1.82, 2.24) is 5.32 Å². The van der Waals surface area contributed by atoms with E-state index in [2.05, 4.69) is 5.32 Å². The lowest BCUT2D eigenvalue weighted by atomic mass is 10.1. The molecular weight excluding hydrogens is 290 g/mol. The van der Waals surface area contributed by atoms with Gasteiger partial charge in [-0.15, -0.1) is 0 Å². The molecule has 0 radical (unpaired) electrons. The summed E-state index contributed by atoms with van der Waals surface area (Å²) in [5.41, 5.74) is 2.89. The van der Waals surface area contributed by atoms with Gasteiger partial charge in [0.05, 0.1) is 0 Å². The molecule has 2 N–H and O–H groups in total. The summed E-state index contributed by atoms with van der Waals surface area (Å²) in [6, 6.07) is 16.0. The number of benzene rings is 2. The molecule has 0 fully saturated rings. The summed E-state index contributed by atoms with van der Waals surface area (Å²) in [6.45, 7) is 1.99. The molecule has 0 aliphatic rings. The summed E-state index contributed by atoms with van der Waals surface area (Å²) >= 11 is 0. The van der Waals surface area contributed by atoms with Crippen LogP contribution in [0.5, 0.6) is 0 Å². The van der Waals surface area contributed by atoms with E-state index in [1.807, 2.05) is 61.5 Å². The largest absolute Gasteiger partial charge is 0.480 e. The van der Waals surface area contributed by atoms with Gasteiger partial charge >= 0.3 is 5.97 Å². The van der Waals surface area contributed by atoms with Crippen LogP contribution in [0, 0.1) is 6.92 Å². The zero-order valence-corrected chi connectivity index (χ0v) is 12.9. The molecule has 0 heterocycles. The van der Waals surface area contributed by atoms with Crippen LogP contribution in [0.2, 0.25) is 0 Å². The second kappa shape index (κ2) is 7.94. The third-order valence-corrected chi connectivity index (χ3v) is 3.40. The van der Waals surface area contributed by atoms with E-state index in [0.717, 1.165) is 16.7 Å². The summed E-state index contributed by atoms with van der Waals surface area (Å²) in [4.78, 5) is 23.2. The van der Waals surface area contributed by atoms with Crippen LogP contribution in [0.3, 0.4) is 0 Å². The van der Waals surface area contributed by atoms with Crippen LogP contribution in [0.1, 0.15) is 16.7 Å². The summed E-state index contributed by atoms with van der Waals surface area (Å²) in [5, 5.41) is 11.8. The number of carboxylic acids is 1. The second-order valence-electron chi connectivity index (χ2n) is 5.33. The maximum Gasteiger partial charge on any atom is 0.326 e. The number of carbonyl (C=O) groups is 2. The Balaban J connectivity index is 1.98. The van der Waals surface area contributed by atoms with Gasteiger partial charge in [-0.3, -0.25) is 4.79 Å². The molecule has 0 aliphatic carbocycles. The third-order valence-electron chi connectivity index (χ3n) is 3.40. The minimum atomic E-state index is -1.05. The number of rotatable bonds is 6. The molecule has 0 saturated heterocycles. The van der Waals surface area contributed by atoms with Gasteiger partial charge in [-0.1, -0.05) is 60.2 Å². The molecule has 0 unspecified atom stereocenters. The van der Waals surface area contributed by atoms with Gasteiger partial charge in [-0.05, 0) is 24.1 Å². The smallest absolute Gasteiger partial charge is 0.326 e. The maximum atomic E-state index is 11.9. The fourth-order valence-corrected chi connectivity index (χ4v) is 2.12. The lowest BCUT2D eigenvalue weighted by Gasteiger charge is -2.13. The number of hydrogen-bond donors (Lipinski definition) is 2. The number of nitrogens with one attached hydrogen (secondary N) is 1. The maximum absolute atomic E-state index is 11.9. The lowest BCUT2D eigenvalue weighted by molar-refractivity contribution is -0.141. The van der Waals surface area contributed by atoms with Crippen LogP contribution >= 0.6 is 0 Å². The Morgan fingerprint density at radius 2 is 1.74 bits per heavy atom. The van der Waals surface area contributed by atoms with Crippen molar-refractivity contribution in [1.29, 1.82) is 0 Å². The second-order valence-corrected chi connectivity index (χ2v) is 5.33. The number of aliphatic carboxylic acids is 1. The van der Waals surface area contributed by atoms with Crippen LogP contribution in [-0.2, 0) is 16.0 Å². The molecule has 0 spiro atoms. The molecule has 1 atom stereocenters. The van der Waals surface area contributed by atoms with Crippen LogP contribution in [0.4, 0.5) is 0 Å². The average molecular weight is 309 g/mol. The van der Waals surface area contributed by atoms with Crippen LogP contribution in [0.15, 0.2) is 60.7 Å². The quantitative estimate of drug-likeness (QED) is 0.806. The van der Waals surface area contributed by atoms with Gasteiger partial charge < -0.3 is 10.4 Å². The van der Waals surface area contributed by atoms with E-state index in [-0.39, 0.29) is 6.42 Å². The Labute approximate surface area is 135 Å². The Morgan fingerprint density at radius 1 is 1.09 bits per heavy atom. The van der Waals surface area contributed by atoms with Crippen LogP contribution in [0.25, 0.3) is 6.08 Å². The molecule has 0 bridgehead atoms. The molecule has 0 aromatic heterocycles. The van der Waals surface area contributed by atoms with Gasteiger partial charge in [0.1, 0.15) is 6.04 Å². The molecular formula is C19H19NO3. The van der Waals surface area contributed by atoms with Crippen molar-refractivity contribution in [2.45, 2.75) is 19.4 Å². The Hall–Kier alpha value is -2.88. The van der Waals surface area contributed by atoms with Crippen molar-refractivity contribution in [2.75, 3.05) is 0 Å². The Morgan fingerprint density at radius 3 is 2.35 bits per heavy atom. The van der Waals surface area contributed by atoms with Gasteiger partial charge in [0.15, 0.2) is 0 Å². The number of aryl methyl sites for hydroxylation is 1. The minimum Gasteiger partial charge on any atom is -0.480 e. The summed E-state index contributed by atoms with van der Waals surface area (Å²) in [6.07, 6.45) is 3.27. The van der Waals surface area contributed by atoms with Gasteiger partial charge in [-0.2, -0.15) is 0 Å². The molecule has 4 nitrogen and oxygen atoms in total. The first kappa shape index (κ1) is 16.5. The van der Waals surface area contributed by atoms with Crippen molar-refractivity contribution in [3.05, 3.63) is 77.4 Å². The standard InChI is InChI=1S/C19H19NO3/c1-14-7-9-15(10-8-14)11-12-18(21)20-17(19(22)23)13-16-5-3-2-4-6-16/h2-12,17H,13H2,1H3,(H,20,21)(H,22,23)/t17-/m0/s1. The minimum absolute atomic E-state index is 0.250. The average Bonchev–Trinajstić information content (AvgIpc) is 2.54. The normalized spacial score (nSPS) is 12.0. The highest BCUT2D eigenvalue weighted by molar-refractivity contribution is 5.94. The molecule has 2 aromatic carbocycles. The fraction of sp³-hybridized carbons (Fsp3) is 0.158. The third kappa shape index (κ3) is 5.43. The molecule has 2 rings (SSSR count). The highest BCUT2D eigenvalue weighted by atomic mass is 16.4. The van der Waals surface area contributed by atoms with Gasteiger partial charge in [0.2, 0.25) is 5.91 Å². The van der Waals surface area contributed by atoms with Gasteiger partial charge in [-0.25, -0.2) is 4.79 Å². The zero-order valence-electron chi connectivity index (χ0n) is 12.9. The van der Waals surface area contributed by atoms with E-state index in [1.165, 1.54) is 6.08 Å². The number of carbonyl (C=O) groups excluding carboxylic acids is 1. The molecule has 1 amide bonds. The van der Waals surface area contributed by atoms with Gasteiger partial charge in [0.25, 0.3) is 0 Å². The van der Waals surface area contributed by atoms with E-state index >= 15 is 0 Å². The molecule has 0 aliphatic heterocycles. The SMILES string of the molecule is Cc1ccc(C=CC(=O)N[C@@H](Cc2ccccc2)C(=O)O)cc1. The molecule has 2 aromatic rings. The first-order chi connectivity index (χ1) is 11.0. The van der Waals surface area contributed by atoms with E-state index < -0.39 is 17.9 Å². The number of amides is 1. The predicted octanol–water partition coefficient (Wildman–Crippen LogP) is 2.82. The number of carboxylic acid groups (broad SMARTS) is 1. The lowest BCUT2D eigenvalue weighted by Crippen LogP contribution is -2.41. The monoisotopic (exact) mass is 309 g/mol. The predicted molar refractivity (Wildman–Crippen MR) is 89.9 cm³/mol. The van der Waals surface area contributed by atoms with E-state index in [4.69, 9.17) is 0 Å². The van der Waals surface area contributed by atoms with Crippen molar-refractivity contribution in [3.63, 3.8) is 0 Å². The van der Waals surface area contributed by atoms with Crippen LogP contribution < -0.4 is 5.32 Å². The highest BCUT2D eigenvalue weighted by Gasteiger charge is 2.19. The molecule has 4 heteroatoms. The highest BCUT2D eigenvalue weighted by Crippen LogP contribution is 2.06. The Kier molecular flexibility index (Phi) is 5.69. The van der Waals surface area contributed by atoms with E-state index in [9.17, 15) is 14.7 Å². The summed E-state index contributed by atoms with van der Waals surface area (Å²) in [7, 11) is 0. The van der Waals surface area contributed by atoms with Crippen LogP contribution in [-0.4, -0.2) is 23.0 Å². The van der Waals surface area contributed by atoms with E-state index in [0.29, 0.717) is 0 Å². The topological polar surface area (TPSA) is 66.4 Å². The Bertz CT molecular complexity index is 690. The number of hydrogen-bond acceptors (Lipinski definition) is 2. The molecule has 118 valence electrons. The fourth-order valence-electron chi connectivity index (χ4n) is 2.12. The van der Waals surface area contributed by atoms with Crippen molar-refractivity contribution in [2.24, 2.45) is 0 Å². The van der Waals surface area contributed by atoms with Crippen molar-refractivity contribution >= 4 is 18.0 Å². The molecule has 0 saturated carbocycles. The molecule has 23 heavy (non-hydrogen) atoms. The zero-order chi connectivity index (χ0) is 16.7.